The van der Waals surface area contributed by atoms with E-state index < -0.39 is 11.2 Å². The minimum absolute atomic E-state index is 0.104. The molecule has 2 aromatic carbocycles. The SMILES string of the molecule is C/C(=N/Nc1nc2c(c(=O)[nH]c(=O)n2C)n1Cc1cccc(Br)c1)c1ccccc1O. The molecule has 10 heteroatoms. The number of phenols is 1. The number of hydrogen-bond donors (Lipinski definition) is 3. The molecule has 4 rings (SSSR count). The molecule has 0 aliphatic carbocycles. The van der Waals surface area contributed by atoms with Crippen LogP contribution in [0.2, 0.25) is 0 Å². The number of fused-ring (bicyclic) bond motifs is 1. The fourth-order valence-electron chi connectivity index (χ4n) is 3.27. The summed E-state index contributed by atoms with van der Waals surface area (Å²) >= 11 is 3.45. The van der Waals surface area contributed by atoms with E-state index in [0.29, 0.717) is 17.8 Å². The van der Waals surface area contributed by atoms with Crippen molar-refractivity contribution in [3.05, 3.63) is 85.0 Å². The smallest absolute Gasteiger partial charge is 0.329 e. The Bertz CT molecular complexity index is 1430. The van der Waals surface area contributed by atoms with Crippen LogP contribution in [0.1, 0.15) is 18.1 Å². The maximum atomic E-state index is 12.6. The zero-order valence-corrected chi connectivity index (χ0v) is 18.3. The topological polar surface area (TPSA) is 117 Å². The van der Waals surface area contributed by atoms with Gasteiger partial charge in [0.25, 0.3) is 5.56 Å². The summed E-state index contributed by atoms with van der Waals surface area (Å²) in [4.78, 5) is 31.4. The van der Waals surface area contributed by atoms with Crippen molar-refractivity contribution in [3.63, 3.8) is 0 Å². The number of halogens is 1. The number of rotatable bonds is 5. The number of aryl methyl sites for hydroxylation is 1. The van der Waals surface area contributed by atoms with E-state index in [1.54, 1.807) is 35.8 Å². The molecule has 4 aromatic rings. The number of aromatic nitrogens is 4. The summed E-state index contributed by atoms with van der Waals surface area (Å²) in [5, 5.41) is 14.4. The van der Waals surface area contributed by atoms with E-state index in [0.717, 1.165) is 10.0 Å². The monoisotopic (exact) mass is 482 g/mol. The van der Waals surface area contributed by atoms with Crippen molar-refractivity contribution >= 4 is 38.8 Å². The molecule has 0 aliphatic rings. The first-order valence-corrected chi connectivity index (χ1v) is 10.2. The van der Waals surface area contributed by atoms with E-state index in [1.807, 2.05) is 24.3 Å². The van der Waals surface area contributed by atoms with E-state index in [-0.39, 0.29) is 22.9 Å². The summed E-state index contributed by atoms with van der Waals surface area (Å²) in [5.41, 5.74) is 4.31. The van der Waals surface area contributed by atoms with E-state index in [1.165, 1.54) is 11.6 Å². The van der Waals surface area contributed by atoms with Crippen LogP contribution in [-0.2, 0) is 13.6 Å². The molecule has 0 bridgehead atoms. The van der Waals surface area contributed by atoms with Gasteiger partial charge in [0.05, 0.1) is 12.3 Å². The van der Waals surface area contributed by atoms with Gasteiger partial charge in [-0.25, -0.2) is 10.2 Å². The largest absolute Gasteiger partial charge is 0.507 e. The molecule has 3 N–H and O–H groups in total. The Hall–Kier alpha value is -3.66. The number of benzene rings is 2. The zero-order chi connectivity index (χ0) is 22.1. The number of nitrogens with zero attached hydrogens (tertiary/aromatic N) is 4. The third-order valence-corrected chi connectivity index (χ3v) is 5.35. The quantitative estimate of drug-likeness (QED) is 0.298. The number of nitrogens with one attached hydrogen (secondary N) is 2. The van der Waals surface area contributed by atoms with Crippen LogP contribution in [0.15, 0.2) is 67.7 Å². The van der Waals surface area contributed by atoms with Crippen molar-refractivity contribution < 1.29 is 5.11 Å². The van der Waals surface area contributed by atoms with E-state index >= 15 is 0 Å². The molecule has 0 unspecified atom stereocenters. The second-order valence-electron chi connectivity index (χ2n) is 6.97. The van der Waals surface area contributed by atoms with Gasteiger partial charge in [-0.3, -0.25) is 18.9 Å². The van der Waals surface area contributed by atoms with Gasteiger partial charge < -0.3 is 5.11 Å². The van der Waals surface area contributed by atoms with Gasteiger partial charge in [-0.2, -0.15) is 10.1 Å². The number of H-pyrrole nitrogens is 1. The van der Waals surface area contributed by atoms with Gasteiger partial charge in [-0.1, -0.05) is 40.2 Å². The highest BCUT2D eigenvalue weighted by molar-refractivity contribution is 9.10. The second-order valence-corrected chi connectivity index (χ2v) is 7.88. The molecular formula is C21H19BrN6O3. The average Bonchev–Trinajstić information content (AvgIpc) is 3.09. The second kappa shape index (κ2) is 8.23. The molecule has 2 aromatic heterocycles. The van der Waals surface area contributed by atoms with Crippen molar-refractivity contribution in [1.82, 2.24) is 19.1 Å². The summed E-state index contributed by atoms with van der Waals surface area (Å²) < 4.78 is 3.84. The number of para-hydroxylation sites is 1. The van der Waals surface area contributed by atoms with E-state index in [4.69, 9.17) is 0 Å². The lowest BCUT2D eigenvalue weighted by atomic mass is 10.1. The number of aromatic amines is 1. The van der Waals surface area contributed by atoms with Crippen molar-refractivity contribution in [3.8, 4) is 5.75 Å². The fraction of sp³-hybridized carbons (Fsp3) is 0.143. The van der Waals surface area contributed by atoms with E-state index in [2.05, 4.69) is 36.4 Å². The van der Waals surface area contributed by atoms with Crippen molar-refractivity contribution in [1.29, 1.82) is 0 Å². The predicted molar refractivity (Wildman–Crippen MR) is 123 cm³/mol. The van der Waals surface area contributed by atoms with Gasteiger partial charge in [0.15, 0.2) is 11.2 Å². The van der Waals surface area contributed by atoms with Gasteiger partial charge in [-0.15, -0.1) is 0 Å². The first-order chi connectivity index (χ1) is 14.8. The number of hydrogen-bond acceptors (Lipinski definition) is 6. The summed E-state index contributed by atoms with van der Waals surface area (Å²) in [5.74, 6) is 0.392. The van der Waals surface area contributed by atoms with Gasteiger partial charge in [0.2, 0.25) is 5.95 Å². The van der Waals surface area contributed by atoms with Gasteiger partial charge >= 0.3 is 5.69 Å². The standard InChI is InChI=1S/C21H19BrN6O3/c1-12(15-8-3-4-9-16(15)29)25-26-20-23-18-17(19(30)24-21(31)27(18)2)28(20)11-13-6-5-7-14(22)10-13/h3-10,29H,11H2,1-2H3,(H,23,26)(H,24,30,31)/b25-12-. The molecule has 2 heterocycles. The highest BCUT2D eigenvalue weighted by atomic mass is 79.9. The molecule has 0 spiro atoms. The first-order valence-electron chi connectivity index (χ1n) is 9.38. The van der Waals surface area contributed by atoms with Crippen LogP contribution in [0.4, 0.5) is 5.95 Å². The Morgan fingerprint density at radius 2 is 2.00 bits per heavy atom. The lowest BCUT2D eigenvalue weighted by molar-refractivity contribution is 0.474. The molecule has 0 radical (unpaired) electrons. The summed E-state index contributed by atoms with van der Waals surface area (Å²) in [6.07, 6.45) is 0. The third-order valence-electron chi connectivity index (χ3n) is 4.85. The molecule has 0 atom stereocenters. The average molecular weight is 483 g/mol. The lowest BCUT2D eigenvalue weighted by Crippen LogP contribution is -2.29. The van der Waals surface area contributed by atoms with Crippen molar-refractivity contribution in [2.45, 2.75) is 13.5 Å². The number of imidazole rings is 1. The third kappa shape index (κ3) is 4.02. The van der Waals surface area contributed by atoms with Gasteiger partial charge in [-0.05, 0) is 36.8 Å². The molecular weight excluding hydrogens is 464 g/mol. The highest BCUT2D eigenvalue weighted by Gasteiger charge is 2.18. The Kier molecular flexibility index (Phi) is 5.47. The van der Waals surface area contributed by atoms with Gasteiger partial charge in [0.1, 0.15) is 5.75 Å². The summed E-state index contributed by atoms with van der Waals surface area (Å²) in [7, 11) is 1.54. The number of phenolic OH excluding ortho intramolecular Hbond substituents is 1. The normalized spacial score (nSPS) is 11.8. The maximum Gasteiger partial charge on any atom is 0.329 e. The Morgan fingerprint density at radius 1 is 1.23 bits per heavy atom. The molecule has 0 fully saturated rings. The number of hydrazone groups is 1. The van der Waals surface area contributed by atoms with Crippen LogP contribution in [0.5, 0.6) is 5.75 Å². The Labute approximate surface area is 184 Å². The number of anilines is 1. The van der Waals surface area contributed by atoms with Crippen LogP contribution >= 0.6 is 15.9 Å². The summed E-state index contributed by atoms with van der Waals surface area (Å²) in [6.45, 7) is 2.07. The van der Waals surface area contributed by atoms with Gasteiger partial charge in [0, 0.05) is 17.1 Å². The molecule has 9 nitrogen and oxygen atoms in total. The van der Waals surface area contributed by atoms with Crippen LogP contribution in [0.3, 0.4) is 0 Å². The van der Waals surface area contributed by atoms with Crippen LogP contribution < -0.4 is 16.7 Å². The Morgan fingerprint density at radius 3 is 2.74 bits per heavy atom. The molecule has 31 heavy (non-hydrogen) atoms. The summed E-state index contributed by atoms with van der Waals surface area (Å²) in [6, 6.07) is 14.5. The zero-order valence-electron chi connectivity index (χ0n) is 16.8. The minimum atomic E-state index is -0.551. The predicted octanol–water partition coefficient (Wildman–Crippen LogP) is 2.78. The molecule has 0 saturated carbocycles. The van der Waals surface area contributed by atoms with Crippen LogP contribution in [0.25, 0.3) is 11.2 Å². The molecule has 158 valence electrons. The lowest BCUT2D eigenvalue weighted by Gasteiger charge is -2.10. The molecule has 0 amide bonds. The molecule has 0 aliphatic heterocycles. The molecule has 0 saturated heterocycles. The van der Waals surface area contributed by atoms with E-state index in [9.17, 15) is 14.7 Å². The Balaban J connectivity index is 1.84. The highest BCUT2D eigenvalue weighted by Crippen LogP contribution is 2.21. The van der Waals surface area contributed by atoms with Crippen molar-refractivity contribution in [2.24, 2.45) is 12.1 Å². The van der Waals surface area contributed by atoms with Crippen LogP contribution in [0, 0.1) is 0 Å². The fourth-order valence-corrected chi connectivity index (χ4v) is 3.71. The van der Waals surface area contributed by atoms with Crippen LogP contribution in [-0.4, -0.2) is 29.9 Å². The number of aromatic hydroxyl groups is 1. The van der Waals surface area contributed by atoms with Crippen molar-refractivity contribution in [2.75, 3.05) is 5.43 Å². The first kappa shape index (κ1) is 20.6. The minimum Gasteiger partial charge on any atom is -0.507 e. The maximum absolute atomic E-state index is 12.6.